The Hall–Kier alpha value is -1.51. The number of aliphatic hydroxyl groups is 1. The summed E-state index contributed by atoms with van der Waals surface area (Å²) < 4.78 is 39.7. The fraction of sp³-hybridized carbons (Fsp3) is 0.500. The molecule has 0 radical (unpaired) electrons. The zero-order valence-electron chi connectivity index (χ0n) is 12.7. The van der Waals surface area contributed by atoms with Crippen molar-refractivity contribution >= 4 is 15.9 Å². The number of carbonyl (C=O) groups is 1. The van der Waals surface area contributed by atoms with Crippen molar-refractivity contribution < 1.29 is 22.7 Å². The third-order valence-electron chi connectivity index (χ3n) is 3.02. The van der Waals surface area contributed by atoms with Gasteiger partial charge in [0.05, 0.1) is 11.5 Å². The summed E-state index contributed by atoms with van der Waals surface area (Å²) in [5.74, 6) is -1.38. The topological polar surface area (TPSA) is 95.5 Å². The monoisotopic (exact) mass is 332 g/mol. The van der Waals surface area contributed by atoms with Crippen molar-refractivity contribution in [2.45, 2.75) is 37.8 Å². The van der Waals surface area contributed by atoms with Crippen LogP contribution in [0.2, 0.25) is 0 Å². The van der Waals surface area contributed by atoms with E-state index in [1.54, 1.807) is 20.8 Å². The second kappa shape index (κ2) is 7.66. The molecule has 0 bridgehead atoms. The highest BCUT2D eigenvalue weighted by Gasteiger charge is 2.28. The highest BCUT2D eigenvalue weighted by Crippen LogP contribution is 2.13. The minimum Gasteiger partial charge on any atom is -0.394 e. The van der Waals surface area contributed by atoms with Crippen LogP contribution in [0.25, 0.3) is 0 Å². The van der Waals surface area contributed by atoms with Gasteiger partial charge in [-0.25, -0.2) is 12.8 Å². The molecular weight excluding hydrogens is 311 g/mol. The van der Waals surface area contributed by atoms with E-state index in [-0.39, 0.29) is 17.4 Å². The highest BCUT2D eigenvalue weighted by molar-refractivity contribution is 7.89. The van der Waals surface area contributed by atoms with Gasteiger partial charge >= 0.3 is 0 Å². The number of nitrogens with one attached hydrogen (secondary N) is 2. The summed E-state index contributed by atoms with van der Waals surface area (Å²) in [6.07, 6.45) is 0. The van der Waals surface area contributed by atoms with E-state index in [9.17, 15) is 17.6 Å². The number of aliphatic hydroxyl groups excluding tert-OH is 1. The average molecular weight is 332 g/mol. The van der Waals surface area contributed by atoms with Gasteiger partial charge in [0.15, 0.2) is 0 Å². The molecule has 6 nitrogen and oxygen atoms in total. The SMILES string of the molecule is CC(C)[C@H](NS(=O)(=O)c1ccc(F)cc1)C(=O)N[C@@H](C)CO. The molecule has 3 N–H and O–H groups in total. The second-order valence-corrected chi connectivity index (χ2v) is 7.10. The van der Waals surface area contributed by atoms with E-state index >= 15 is 0 Å². The molecule has 0 unspecified atom stereocenters. The van der Waals surface area contributed by atoms with Gasteiger partial charge in [-0.1, -0.05) is 13.8 Å². The van der Waals surface area contributed by atoms with Crippen molar-refractivity contribution in [2.75, 3.05) is 6.61 Å². The van der Waals surface area contributed by atoms with Crippen LogP contribution in [-0.2, 0) is 14.8 Å². The minimum absolute atomic E-state index is 0.123. The fourth-order valence-electron chi connectivity index (χ4n) is 1.72. The third kappa shape index (κ3) is 5.04. The van der Waals surface area contributed by atoms with Crippen LogP contribution < -0.4 is 10.0 Å². The number of hydrogen-bond donors (Lipinski definition) is 3. The first-order valence-electron chi connectivity index (χ1n) is 6.86. The Balaban J connectivity index is 2.94. The van der Waals surface area contributed by atoms with Gasteiger partial charge in [-0.3, -0.25) is 4.79 Å². The van der Waals surface area contributed by atoms with E-state index in [2.05, 4.69) is 10.0 Å². The predicted molar refractivity (Wildman–Crippen MR) is 80.0 cm³/mol. The predicted octanol–water partition coefficient (Wildman–Crippen LogP) is 0.626. The molecule has 22 heavy (non-hydrogen) atoms. The molecule has 2 atom stereocenters. The summed E-state index contributed by atoms with van der Waals surface area (Å²) in [5, 5.41) is 11.5. The van der Waals surface area contributed by atoms with Gasteiger partial charge in [0.1, 0.15) is 11.9 Å². The third-order valence-corrected chi connectivity index (χ3v) is 4.47. The average Bonchev–Trinajstić information content (AvgIpc) is 2.44. The zero-order chi connectivity index (χ0) is 16.9. The van der Waals surface area contributed by atoms with Gasteiger partial charge < -0.3 is 10.4 Å². The first kappa shape index (κ1) is 18.5. The molecule has 0 aliphatic rings. The Kier molecular flexibility index (Phi) is 6.46. The van der Waals surface area contributed by atoms with E-state index in [0.717, 1.165) is 24.3 Å². The van der Waals surface area contributed by atoms with Crippen LogP contribution in [0, 0.1) is 11.7 Å². The largest absolute Gasteiger partial charge is 0.394 e. The van der Waals surface area contributed by atoms with E-state index in [1.165, 1.54) is 0 Å². The lowest BCUT2D eigenvalue weighted by Crippen LogP contribution is -2.52. The van der Waals surface area contributed by atoms with Gasteiger partial charge in [0, 0.05) is 6.04 Å². The van der Waals surface area contributed by atoms with Crippen LogP contribution in [0.15, 0.2) is 29.2 Å². The van der Waals surface area contributed by atoms with Gasteiger partial charge in [-0.05, 0) is 37.1 Å². The van der Waals surface area contributed by atoms with Crippen LogP contribution in [0.4, 0.5) is 4.39 Å². The molecule has 1 amide bonds. The number of rotatable bonds is 7. The van der Waals surface area contributed by atoms with Crippen molar-refractivity contribution in [3.63, 3.8) is 0 Å². The zero-order valence-corrected chi connectivity index (χ0v) is 13.5. The van der Waals surface area contributed by atoms with Crippen LogP contribution in [0.5, 0.6) is 0 Å². The standard InChI is InChI=1S/C14H21FN2O4S/c1-9(2)13(14(19)16-10(3)8-18)17-22(20,21)12-6-4-11(15)5-7-12/h4-7,9-10,13,17-18H,8H2,1-3H3,(H,16,19)/t10-,13-/m0/s1. The fourth-order valence-corrected chi connectivity index (χ4v) is 3.06. The van der Waals surface area contributed by atoms with Crippen molar-refractivity contribution in [3.05, 3.63) is 30.1 Å². The molecule has 0 spiro atoms. The summed E-state index contributed by atoms with van der Waals surface area (Å²) in [7, 11) is -3.95. The molecule has 0 aromatic heterocycles. The highest BCUT2D eigenvalue weighted by atomic mass is 32.2. The van der Waals surface area contributed by atoms with Crippen LogP contribution in [0.1, 0.15) is 20.8 Å². The maximum atomic E-state index is 12.9. The minimum atomic E-state index is -3.95. The molecule has 0 aliphatic heterocycles. The van der Waals surface area contributed by atoms with E-state index < -0.39 is 33.8 Å². The lowest BCUT2D eigenvalue weighted by atomic mass is 10.0. The summed E-state index contributed by atoms with van der Waals surface area (Å²) >= 11 is 0. The number of sulfonamides is 1. The summed E-state index contributed by atoms with van der Waals surface area (Å²) in [6, 6.07) is 2.85. The number of carbonyl (C=O) groups excluding carboxylic acids is 1. The van der Waals surface area contributed by atoms with Gasteiger partial charge in [0.2, 0.25) is 15.9 Å². The summed E-state index contributed by atoms with van der Waals surface area (Å²) in [4.78, 5) is 12.0. The number of halogens is 1. The molecule has 1 rings (SSSR count). The van der Waals surface area contributed by atoms with Gasteiger partial charge in [-0.15, -0.1) is 0 Å². The van der Waals surface area contributed by atoms with Crippen LogP contribution in [0.3, 0.4) is 0 Å². The molecule has 0 heterocycles. The second-order valence-electron chi connectivity index (χ2n) is 5.39. The number of hydrogen-bond acceptors (Lipinski definition) is 4. The quantitative estimate of drug-likeness (QED) is 0.682. The maximum Gasteiger partial charge on any atom is 0.241 e. The Bertz CT molecular complexity index is 602. The first-order valence-corrected chi connectivity index (χ1v) is 8.35. The number of amides is 1. The smallest absolute Gasteiger partial charge is 0.241 e. The molecular formula is C14H21FN2O4S. The molecule has 0 fully saturated rings. The Morgan fingerprint density at radius 3 is 2.23 bits per heavy atom. The lowest BCUT2D eigenvalue weighted by molar-refractivity contribution is -0.124. The molecule has 1 aromatic carbocycles. The Morgan fingerprint density at radius 2 is 1.77 bits per heavy atom. The normalized spacial score (nSPS) is 14.6. The summed E-state index contributed by atoms with van der Waals surface area (Å²) in [6.45, 7) is 4.74. The van der Waals surface area contributed by atoms with Gasteiger partial charge in [0.25, 0.3) is 0 Å². The molecule has 0 aliphatic carbocycles. The van der Waals surface area contributed by atoms with Crippen molar-refractivity contribution in [1.82, 2.24) is 10.0 Å². The first-order chi connectivity index (χ1) is 10.2. The molecule has 8 heteroatoms. The Labute approximate surface area is 129 Å². The van der Waals surface area contributed by atoms with E-state index in [0.29, 0.717) is 0 Å². The van der Waals surface area contributed by atoms with Crippen LogP contribution >= 0.6 is 0 Å². The van der Waals surface area contributed by atoms with Crippen molar-refractivity contribution in [1.29, 1.82) is 0 Å². The molecule has 0 saturated heterocycles. The molecule has 1 aromatic rings. The lowest BCUT2D eigenvalue weighted by Gasteiger charge is -2.23. The Morgan fingerprint density at radius 1 is 1.23 bits per heavy atom. The molecule has 124 valence electrons. The van der Waals surface area contributed by atoms with Crippen molar-refractivity contribution in [2.24, 2.45) is 5.92 Å². The molecule has 0 saturated carbocycles. The van der Waals surface area contributed by atoms with Crippen molar-refractivity contribution in [3.8, 4) is 0 Å². The maximum absolute atomic E-state index is 12.9. The number of benzene rings is 1. The van der Waals surface area contributed by atoms with Gasteiger partial charge in [-0.2, -0.15) is 4.72 Å². The summed E-state index contributed by atoms with van der Waals surface area (Å²) in [5.41, 5.74) is 0. The van der Waals surface area contributed by atoms with E-state index in [1.807, 2.05) is 0 Å². The van der Waals surface area contributed by atoms with Crippen LogP contribution in [-0.4, -0.2) is 38.1 Å². The van der Waals surface area contributed by atoms with E-state index in [4.69, 9.17) is 5.11 Å².